The normalized spacial score (nSPS) is 11.1. The summed E-state index contributed by atoms with van der Waals surface area (Å²) in [5.41, 5.74) is 4.69. The largest absolute Gasteiger partial charge is 0.306 e. The number of nitro benzene ring substituents is 1. The van der Waals surface area contributed by atoms with Crippen LogP contribution in [0.5, 0.6) is 0 Å². The second kappa shape index (κ2) is 8.69. The van der Waals surface area contributed by atoms with Gasteiger partial charge in [0.1, 0.15) is 12.1 Å². The number of fused-ring (bicyclic) bond motifs is 1. The maximum atomic E-state index is 13.1. The molecule has 5 rings (SSSR count). The van der Waals surface area contributed by atoms with Crippen molar-refractivity contribution in [1.29, 1.82) is 0 Å². The van der Waals surface area contributed by atoms with Gasteiger partial charge in [-0.3, -0.25) is 14.9 Å². The Hall–Kier alpha value is -4.93. The Morgan fingerprint density at radius 2 is 1.83 bits per heavy atom. The molecule has 1 amide bonds. The minimum Gasteiger partial charge on any atom is -0.306 e. The van der Waals surface area contributed by atoms with Crippen LogP contribution in [0.25, 0.3) is 22.5 Å². The molecule has 3 heterocycles. The number of aromatic nitrogens is 6. The lowest BCUT2D eigenvalue weighted by Crippen LogP contribution is -2.17. The first-order valence-corrected chi connectivity index (χ1v) is 11.1. The van der Waals surface area contributed by atoms with Crippen molar-refractivity contribution < 1.29 is 9.72 Å². The van der Waals surface area contributed by atoms with Crippen LogP contribution in [0.1, 0.15) is 32.7 Å². The van der Waals surface area contributed by atoms with Crippen molar-refractivity contribution in [2.45, 2.75) is 27.7 Å². The summed E-state index contributed by atoms with van der Waals surface area (Å²) in [6.45, 7) is 7.38. The van der Waals surface area contributed by atoms with Crippen molar-refractivity contribution in [2.75, 3.05) is 5.32 Å². The molecular weight excluding hydrogens is 460 g/mol. The summed E-state index contributed by atoms with van der Waals surface area (Å²) in [6, 6.07) is 12.2. The van der Waals surface area contributed by atoms with Crippen LogP contribution in [0.15, 0.2) is 55.0 Å². The van der Waals surface area contributed by atoms with Gasteiger partial charge in [0.2, 0.25) is 0 Å². The number of hydrogen-bond acceptors (Lipinski definition) is 7. The third kappa shape index (κ3) is 3.86. The van der Waals surface area contributed by atoms with Gasteiger partial charge in [0.05, 0.1) is 27.9 Å². The zero-order valence-corrected chi connectivity index (χ0v) is 20.1. The molecule has 0 fully saturated rings. The van der Waals surface area contributed by atoms with E-state index in [1.165, 1.54) is 23.1 Å². The molecule has 0 aliphatic rings. The summed E-state index contributed by atoms with van der Waals surface area (Å²) >= 11 is 0. The molecule has 0 aliphatic carbocycles. The van der Waals surface area contributed by atoms with Crippen molar-refractivity contribution in [3.05, 3.63) is 93.1 Å². The molecule has 180 valence electrons. The predicted molar refractivity (Wildman–Crippen MR) is 134 cm³/mol. The van der Waals surface area contributed by atoms with Gasteiger partial charge in [-0.25, -0.2) is 14.6 Å². The lowest BCUT2D eigenvalue weighted by Gasteiger charge is -2.11. The minimum atomic E-state index is -0.508. The van der Waals surface area contributed by atoms with E-state index in [9.17, 15) is 14.9 Å². The van der Waals surface area contributed by atoms with Crippen LogP contribution in [0.3, 0.4) is 0 Å². The first-order valence-electron chi connectivity index (χ1n) is 11.1. The van der Waals surface area contributed by atoms with E-state index in [4.69, 9.17) is 0 Å². The molecule has 0 spiro atoms. The number of hydrogen-bond donors (Lipinski definition) is 1. The minimum absolute atomic E-state index is 0.122. The molecule has 1 N–H and O–H groups in total. The molecule has 0 saturated heterocycles. The van der Waals surface area contributed by atoms with Gasteiger partial charge in [-0.15, -0.1) is 0 Å². The van der Waals surface area contributed by atoms with Gasteiger partial charge in [-0.05, 0) is 45.4 Å². The smallest absolute Gasteiger partial charge is 0.273 e. The molecule has 0 radical (unpaired) electrons. The highest BCUT2D eigenvalue weighted by molar-refractivity contribution is 6.05. The molecule has 0 saturated carbocycles. The summed E-state index contributed by atoms with van der Waals surface area (Å²) in [5.74, 6) is 0.312. The monoisotopic (exact) mass is 482 g/mol. The fraction of sp³-hybridized carbons (Fsp3) is 0.160. The van der Waals surface area contributed by atoms with Crippen LogP contribution in [-0.4, -0.2) is 40.4 Å². The topological polar surface area (TPSA) is 134 Å². The summed E-state index contributed by atoms with van der Waals surface area (Å²) in [5, 5.41) is 23.8. The summed E-state index contributed by atoms with van der Waals surface area (Å²) in [4.78, 5) is 32.8. The number of carbonyl (C=O) groups excluding carboxylic acids is 1. The molecule has 0 atom stereocenters. The summed E-state index contributed by atoms with van der Waals surface area (Å²) < 4.78 is 3.26. The van der Waals surface area contributed by atoms with E-state index >= 15 is 0 Å². The predicted octanol–water partition coefficient (Wildman–Crippen LogP) is 4.40. The Labute approximate surface area is 205 Å². The Kier molecular flexibility index (Phi) is 5.51. The maximum absolute atomic E-state index is 13.1. The van der Waals surface area contributed by atoms with Gasteiger partial charge in [0.15, 0.2) is 11.5 Å². The van der Waals surface area contributed by atoms with Gasteiger partial charge < -0.3 is 5.32 Å². The van der Waals surface area contributed by atoms with E-state index in [1.807, 2.05) is 26.0 Å². The quantitative estimate of drug-likeness (QED) is 0.290. The highest BCUT2D eigenvalue weighted by Gasteiger charge is 2.21. The lowest BCUT2D eigenvalue weighted by atomic mass is 10.1. The third-order valence-corrected chi connectivity index (χ3v) is 5.95. The van der Waals surface area contributed by atoms with Crippen LogP contribution < -0.4 is 5.32 Å². The highest BCUT2D eigenvalue weighted by Crippen LogP contribution is 2.27. The van der Waals surface area contributed by atoms with Gasteiger partial charge in [0, 0.05) is 23.3 Å². The number of nitro groups is 1. The van der Waals surface area contributed by atoms with Crippen molar-refractivity contribution in [3.8, 4) is 11.5 Å². The lowest BCUT2D eigenvalue weighted by molar-refractivity contribution is -0.385. The first kappa shape index (κ1) is 22.8. The van der Waals surface area contributed by atoms with E-state index in [2.05, 4.69) is 31.5 Å². The molecule has 11 heteroatoms. The van der Waals surface area contributed by atoms with Crippen molar-refractivity contribution in [3.63, 3.8) is 0 Å². The zero-order chi connectivity index (χ0) is 25.6. The summed E-state index contributed by atoms with van der Waals surface area (Å²) in [6.07, 6.45) is 3.09. The van der Waals surface area contributed by atoms with Crippen LogP contribution >= 0.6 is 0 Å². The molecule has 2 aromatic carbocycles. The van der Waals surface area contributed by atoms with Crippen LogP contribution in [0.4, 0.5) is 11.5 Å². The number of anilines is 1. The van der Waals surface area contributed by atoms with Gasteiger partial charge in [-0.1, -0.05) is 23.8 Å². The molecule has 0 bridgehead atoms. The average molecular weight is 483 g/mol. The molecule has 5 aromatic rings. The molecule has 3 aromatic heterocycles. The third-order valence-electron chi connectivity index (χ3n) is 5.95. The number of nitrogens with zero attached hydrogens (tertiary/aromatic N) is 7. The fourth-order valence-electron chi connectivity index (χ4n) is 4.22. The van der Waals surface area contributed by atoms with E-state index in [1.54, 1.807) is 36.9 Å². The Morgan fingerprint density at radius 3 is 2.58 bits per heavy atom. The Morgan fingerprint density at radius 1 is 1.03 bits per heavy atom. The highest BCUT2D eigenvalue weighted by atomic mass is 16.6. The van der Waals surface area contributed by atoms with Crippen molar-refractivity contribution in [2.24, 2.45) is 0 Å². The number of carbonyl (C=O) groups is 1. The molecule has 0 aliphatic heterocycles. The van der Waals surface area contributed by atoms with Crippen LogP contribution in [0, 0.1) is 37.8 Å². The standard InChI is InChI=1S/C25H22N8O3/c1-14-8-9-20(15(2)10-14)31-23-19(12-28-31)24(27-13-26-23)32-22(11-16(3)30-32)29-25(34)18-6-5-7-21(17(18)4)33(35)36/h5-13H,1-4H3,(H,29,34). The second-order valence-electron chi connectivity index (χ2n) is 8.52. The SMILES string of the molecule is Cc1ccc(-n2ncc3c(-n4nc(C)cc4NC(=O)c4cccc([N+](=O)[O-])c4C)ncnc32)c(C)c1. The van der Waals surface area contributed by atoms with E-state index in [0.717, 1.165) is 16.8 Å². The first-order chi connectivity index (χ1) is 17.2. The fourth-order valence-corrected chi connectivity index (χ4v) is 4.22. The van der Waals surface area contributed by atoms with Gasteiger partial charge in [-0.2, -0.15) is 14.9 Å². The molecule has 36 heavy (non-hydrogen) atoms. The van der Waals surface area contributed by atoms with Gasteiger partial charge in [0.25, 0.3) is 11.6 Å². The van der Waals surface area contributed by atoms with Crippen molar-refractivity contribution >= 4 is 28.4 Å². The Balaban J connectivity index is 1.57. The average Bonchev–Trinajstić information content (AvgIpc) is 3.42. The zero-order valence-electron chi connectivity index (χ0n) is 20.1. The summed E-state index contributed by atoms with van der Waals surface area (Å²) in [7, 11) is 0. The molecule has 0 unspecified atom stereocenters. The Bertz CT molecular complexity index is 1670. The van der Waals surface area contributed by atoms with E-state index < -0.39 is 10.8 Å². The van der Waals surface area contributed by atoms with Crippen LogP contribution in [0.2, 0.25) is 0 Å². The van der Waals surface area contributed by atoms with E-state index in [0.29, 0.717) is 28.4 Å². The van der Waals surface area contributed by atoms with Crippen LogP contribution in [-0.2, 0) is 0 Å². The van der Waals surface area contributed by atoms with Crippen molar-refractivity contribution in [1.82, 2.24) is 29.5 Å². The molecule has 11 nitrogen and oxygen atoms in total. The number of rotatable bonds is 5. The second-order valence-corrected chi connectivity index (χ2v) is 8.52. The van der Waals surface area contributed by atoms with E-state index in [-0.39, 0.29) is 16.8 Å². The molecular formula is C25H22N8O3. The number of benzene rings is 2. The maximum Gasteiger partial charge on any atom is 0.273 e. The number of amides is 1. The number of nitrogens with one attached hydrogen (secondary N) is 1. The van der Waals surface area contributed by atoms with Gasteiger partial charge >= 0.3 is 0 Å². The number of aryl methyl sites for hydroxylation is 3.